The van der Waals surface area contributed by atoms with Crippen LogP contribution in [0.3, 0.4) is 0 Å². The molecule has 2 aromatic rings. The number of carbonyl (C=O) groups is 1. The van der Waals surface area contributed by atoms with E-state index in [1.807, 2.05) is 0 Å². The Morgan fingerprint density at radius 1 is 1.35 bits per heavy atom. The van der Waals surface area contributed by atoms with Gasteiger partial charge in [-0.05, 0) is 24.3 Å². The maximum atomic E-state index is 11.7. The van der Waals surface area contributed by atoms with E-state index in [-0.39, 0.29) is 11.7 Å². The van der Waals surface area contributed by atoms with Gasteiger partial charge < -0.3 is 9.84 Å². The van der Waals surface area contributed by atoms with Crippen LogP contribution >= 0.6 is 0 Å². The highest BCUT2D eigenvalue weighted by Crippen LogP contribution is 2.21. The quantitative estimate of drug-likeness (QED) is 0.653. The van der Waals surface area contributed by atoms with Crippen molar-refractivity contribution in [2.45, 2.75) is 0 Å². The summed E-state index contributed by atoms with van der Waals surface area (Å²) in [5.41, 5.74) is 3.50. The fourth-order valence-corrected chi connectivity index (χ4v) is 1.53. The number of amides is 1. The van der Waals surface area contributed by atoms with Gasteiger partial charge in [0.25, 0.3) is 5.91 Å². The molecular weight excluding hydrogens is 258 g/mol. The zero-order valence-electron chi connectivity index (χ0n) is 10.8. The van der Waals surface area contributed by atoms with Crippen LogP contribution in [0.5, 0.6) is 11.5 Å². The van der Waals surface area contributed by atoms with Crippen LogP contribution in [-0.2, 0) is 0 Å². The van der Waals surface area contributed by atoms with Crippen LogP contribution in [0.25, 0.3) is 0 Å². The molecule has 0 saturated heterocycles. The van der Waals surface area contributed by atoms with Gasteiger partial charge in [0, 0.05) is 29.6 Å². The third-order valence-corrected chi connectivity index (χ3v) is 2.53. The zero-order chi connectivity index (χ0) is 14.4. The van der Waals surface area contributed by atoms with Crippen molar-refractivity contribution in [2.75, 3.05) is 7.11 Å². The molecule has 1 aromatic carbocycles. The van der Waals surface area contributed by atoms with Crippen LogP contribution in [0, 0.1) is 0 Å². The summed E-state index contributed by atoms with van der Waals surface area (Å²) in [6.45, 7) is 0. The Labute approximate surface area is 115 Å². The van der Waals surface area contributed by atoms with Crippen LogP contribution in [0.15, 0.2) is 47.8 Å². The van der Waals surface area contributed by atoms with Gasteiger partial charge in [0.2, 0.25) is 0 Å². The minimum atomic E-state index is -0.332. The van der Waals surface area contributed by atoms with Gasteiger partial charge in [-0.15, -0.1) is 0 Å². The molecule has 0 aliphatic carbocycles. The Morgan fingerprint density at radius 2 is 2.10 bits per heavy atom. The number of aromatic hydroxyl groups is 1. The highest BCUT2D eigenvalue weighted by Gasteiger charge is 2.04. The van der Waals surface area contributed by atoms with Gasteiger partial charge in [0.1, 0.15) is 11.5 Å². The molecule has 2 N–H and O–H groups in total. The third kappa shape index (κ3) is 3.32. The van der Waals surface area contributed by atoms with E-state index in [0.717, 1.165) is 0 Å². The first kappa shape index (κ1) is 13.5. The second kappa shape index (κ2) is 6.33. The van der Waals surface area contributed by atoms with Gasteiger partial charge in [0.15, 0.2) is 0 Å². The van der Waals surface area contributed by atoms with Gasteiger partial charge >= 0.3 is 0 Å². The average molecular weight is 271 g/mol. The smallest absolute Gasteiger partial charge is 0.271 e. The summed E-state index contributed by atoms with van der Waals surface area (Å²) in [4.78, 5) is 15.5. The minimum Gasteiger partial charge on any atom is -0.508 e. The molecule has 20 heavy (non-hydrogen) atoms. The van der Waals surface area contributed by atoms with Gasteiger partial charge in [-0.25, -0.2) is 5.43 Å². The van der Waals surface area contributed by atoms with Crippen molar-refractivity contribution in [1.82, 2.24) is 10.4 Å². The molecule has 0 unspecified atom stereocenters. The number of aromatic nitrogens is 1. The molecule has 1 amide bonds. The number of carbonyl (C=O) groups excluding carboxylic acids is 1. The number of rotatable bonds is 4. The predicted octanol–water partition coefficient (Wildman–Crippen LogP) is 1.56. The fraction of sp³-hybridized carbons (Fsp3) is 0.0714. The van der Waals surface area contributed by atoms with Crippen LogP contribution in [0.1, 0.15) is 15.9 Å². The van der Waals surface area contributed by atoms with Crippen molar-refractivity contribution in [1.29, 1.82) is 0 Å². The summed E-state index contributed by atoms with van der Waals surface area (Å²) in [6, 6.07) is 7.79. The highest BCUT2D eigenvalue weighted by molar-refractivity contribution is 5.94. The molecule has 0 aliphatic rings. The highest BCUT2D eigenvalue weighted by atomic mass is 16.5. The number of hydrogen-bond acceptors (Lipinski definition) is 5. The average Bonchev–Trinajstić information content (AvgIpc) is 2.49. The first-order chi connectivity index (χ1) is 9.70. The molecule has 1 aromatic heterocycles. The number of ether oxygens (including phenoxy) is 1. The summed E-state index contributed by atoms with van der Waals surface area (Å²) in [7, 11) is 1.49. The standard InChI is InChI=1S/C14H13N3O3/c1-20-13-8-12(18)3-2-11(13)9-16-17-14(19)10-4-6-15-7-5-10/h2-9,18H,1H3,(H,17,19). The molecule has 1 heterocycles. The van der Waals surface area contributed by atoms with E-state index in [1.165, 1.54) is 37.9 Å². The van der Waals surface area contributed by atoms with E-state index in [1.54, 1.807) is 18.2 Å². The molecule has 2 rings (SSSR count). The van der Waals surface area contributed by atoms with E-state index in [2.05, 4.69) is 15.5 Å². The van der Waals surface area contributed by atoms with Crippen LogP contribution in [0.2, 0.25) is 0 Å². The molecule has 6 heteroatoms. The minimum absolute atomic E-state index is 0.0971. The van der Waals surface area contributed by atoms with E-state index < -0.39 is 0 Å². The molecule has 102 valence electrons. The molecule has 0 aliphatic heterocycles. The van der Waals surface area contributed by atoms with Crippen molar-refractivity contribution >= 4 is 12.1 Å². The van der Waals surface area contributed by atoms with Gasteiger partial charge in [-0.1, -0.05) is 0 Å². The summed E-state index contributed by atoms with van der Waals surface area (Å²) in [5.74, 6) is 0.230. The van der Waals surface area contributed by atoms with E-state index in [0.29, 0.717) is 16.9 Å². The number of methoxy groups -OCH3 is 1. The molecule has 0 fully saturated rings. The summed E-state index contributed by atoms with van der Waals surface area (Å²) in [6.07, 6.45) is 4.50. The normalized spacial score (nSPS) is 10.4. The number of nitrogens with one attached hydrogen (secondary N) is 1. The largest absolute Gasteiger partial charge is 0.508 e. The number of hydrogen-bond donors (Lipinski definition) is 2. The Morgan fingerprint density at radius 3 is 2.80 bits per heavy atom. The third-order valence-electron chi connectivity index (χ3n) is 2.53. The first-order valence-electron chi connectivity index (χ1n) is 5.81. The maximum Gasteiger partial charge on any atom is 0.271 e. The van der Waals surface area contributed by atoms with Crippen molar-refractivity contribution in [3.05, 3.63) is 53.9 Å². The van der Waals surface area contributed by atoms with Crippen molar-refractivity contribution < 1.29 is 14.6 Å². The lowest BCUT2D eigenvalue weighted by Crippen LogP contribution is -2.17. The van der Waals surface area contributed by atoms with Crippen LogP contribution < -0.4 is 10.2 Å². The summed E-state index contributed by atoms with van der Waals surface area (Å²) >= 11 is 0. The van der Waals surface area contributed by atoms with Crippen LogP contribution in [-0.4, -0.2) is 29.3 Å². The number of phenols is 1. The van der Waals surface area contributed by atoms with E-state index in [4.69, 9.17) is 4.74 Å². The molecular formula is C14H13N3O3. The lowest BCUT2D eigenvalue weighted by atomic mass is 10.2. The molecule has 0 radical (unpaired) electrons. The predicted molar refractivity (Wildman–Crippen MR) is 74.0 cm³/mol. The second-order valence-electron chi connectivity index (χ2n) is 3.86. The van der Waals surface area contributed by atoms with Crippen molar-refractivity contribution in [3.8, 4) is 11.5 Å². The Balaban J connectivity index is 2.05. The molecule has 0 atom stereocenters. The Kier molecular flexibility index (Phi) is 4.28. The SMILES string of the molecule is COc1cc(O)ccc1C=NNC(=O)c1ccncc1. The number of pyridine rings is 1. The summed E-state index contributed by atoms with van der Waals surface area (Å²) in [5, 5.41) is 13.2. The lowest BCUT2D eigenvalue weighted by Gasteiger charge is -2.04. The number of nitrogens with zero attached hydrogens (tertiary/aromatic N) is 2. The lowest BCUT2D eigenvalue weighted by molar-refractivity contribution is 0.0955. The Bertz CT molecular complexity index is 627. The monoisotopic (exact) mass is 271 g/mol. The van der Waals surface area contributed by atoms with E-state index in [9.17, 15) is 9.90 Å². The maximum absolute atomic E-state index is 11.7. The molecule has 0 spiro atoms. The van der Waals surface area contributed by atoms with Gasteiger partial charge in [-0.3, -0.25) is 9.78 Å². The zero-order valence-corrected chi connectivity index (χ0v) is 10.8. The number of phenolic OH excluding ortho intramolecular Hbond substituents is 1. The number of benzene rings is 1. The Hall–Kier alpha value is -2.89. The second-order valence-corrected chi connectivity index (χ2v) is 3.86. The van der Waals surface area contributed by atoms with Crippen molar-refractivity contribution in [3.63, 3.8) is 0 Å². The molecule has 0 bridgehead atoms. The van der Waals surface area contributed by atoms with Crippen LogP contribution in [0.4, 0.5) is 0 Å². The first-order valence-corrected chi connectivity index (χ1v) is 5.81. The van der Waals surface area contributed by atoms with Gasteiger partial charge in [0.05, 0.1) is 13.3 Å². The summed E-state index contributed by atoms with van der Waals surface area (Å²) < 4.78 is 5.10. The molecule has 0 saturated carbocycles. The van der Waals surface area contributed by atoms with E-state index >= 15 is 0 Å². The van der Waals surface area contributed by atoms with Crippen molar-refractivity contribution in [2.24, 2.45) is 5.10 Å². The fourth-order valence-electron chi connectivity index (χ4n) is 1.53. The molecule has 6 nitrogen and oxygen atoms in total. The topological polar surface area (TPSA) is 83.8 Å². The number of hydrazone groups is 1. The van der Waals surface area contributed by atoms with Gasteiger partial charge in [-0.2, -0.15) is 5.10 Å².